The normalized spacial score (nSPS) is 19.5. The fraction of sp³-hybridized carbons (Fsp3) is 0.667. The topological polar surface area (TPSA) is 62.3 Å². The van der Waals surface area contributed by atoms with Gasteiger partial charge in [-0.15, -0.1) is 0 Å². The molecule has 2 rings (SSSR count). The molecule has 1 fully saturated rings. The second-order valence-electron chi connectivity index (χ2n) is 5.70. The van der Waals surface area contributed by atoms with E-state index in [0.29, 0.717) is 12.5 Å². The minimum absolute atomic E-state index is 0.0856. The number of pyridine rings is 1. The van der Waals surface area contributed by atoms with Gasteiger partial charge in [-0.3, -0.25) is 9.88 Å². The zero-order valence-corrected chi connectivity index (χ0v) is 13.6. The SMILES string of the molecule is CCCS(=O)(=O)NC1CCN(C(C)c2ccncc2)CC1. The van der Waals surface area contributed by atoms with Crippen LogP contribution in [0.4, 0.5) is 0 Å². The van der Waals surface area contributed by atoms with Crippen molar-refractivity contribution in [2.75, 3.05) is 18.8 Å². The van der Waals surface area contributed by atoms with E-state index in [1.165, 1.54) is 5.56 Å². The van der Waals surface area contributed by atoms with Crippen molar-refractivity contribution in [3.63, 3.8) is 0 Å². The number of aromatic nitrogens is 1. The molecule has 21 heavy (non-hydrogen) atoms. The van der Waals surface area contributed by atoms with Gasteiger partial charge >= 0.3 is 0 Å². The smallest absolute Gasteiger partial charge is 0.211 e. The average Bonchev–Trinajstić information content (AvgIpc) is 2.48. The van der Waals surface area contributed by atoms with Crippen LogP contribution in [0, 0.1) is 0 Å². The van der Waals surface area contributed by atoms with E-state index in [9.17, 15) is 8.42 Å². The monoisotopic (exact) mass is 311 g/mol. The first-order valence-corrected chi connectivity index (χ1v) is 9.31. The number of hydrogen-bond acceptors (Lipinski definition) is 4. The van der Waals surface area contributed by atoms with Crippen LogP contribution in [0.15, 0.2) is 24.5 Å². The summed E-state index contributed by atoms with van der Waals surface area (Å²) in [5, 5.41) is 0. The zero-order valence-electron chi connectivity index (χ0n) is 12.8. The van der Waals surface area contributed by atoms with E-state index in [4.69, 9.17) is 0 Å². The maximum Gasteiger partial charge on any atom is 0.211 e. The molecule has 1 N–H and O–H groups in total. The molecular weight excluding hydrogens is 286 g/mol. The minimum atomic E-state index is -3.10. The predicted octanol–water partition coefficient (Wildman–Crippen LogP) is 1.94. The molecule has 1 saturated heterocycles. The van der Waals surface area contributed by atoms with Crippen molar-refractivity contribution in [1.29, 1.82) is 0 Å². The van der Waals surface area contributed by atoms with Crippen LogP contribution < -0.4 is 4.72 Å². The summed E-state index contributed by atoms with van der Waals surface area (Å²) >= 11 is 0. The quantitative estimate of drug-likeness (QED) is 0.872. The van der Waals surface area contributed by atoms with Gasteiger partial charge < -0.3 is 0 Å². The Bertz CT molecular complexity index is 525. The number of likely N-dealkylation sites (tertiary alicyclic amines) is 1. The van der Waals surface area contributed by atoms with E-state index in [1.54, 1.807) is 0 Å². The molecule has 2 heterocycles. The Labute approximate surface area is 127 Å². The van der Waals surface area contributed by atoms with Crippen molar-refractivity contribution in [3.05, 3.63) is 30.1 Å². The van der Waals surface area contributed by atoms with Gasteiger partial charge in [0.15, 0.2) is 0 Å². The standard InChI is InChI=1S/C15H25N3O2S/c1-3-12-21(19,20)17-15-6-10-18(11-7-15)13(2)14-4-8-16-9-5-14/h4-5,8-9,13,15,17H,3,6-7,10-12H2,1-2H3. The lowest BCUT2D eigenvalue weighted by Crippen LogP contribution is -2.45. The van der Waals surface area contributed by atoms with Crippen molar-refractivity contribution < 1.29 is 8.42 Å². The van der Waals surface area contributed by atoms with Crippen molar-refractivity contribution in [3.8, 4) is 0 Å². The summed E-state index contributed by atoms with van der Waals surface area (Å²) in [5.74, 6) is 0.223. The highest BCUT2D eigenvalue weighted by Crippen LogP contribution is 2.23. The van der Waals surface area contributed by atoms with E-state index < -0.39 is 10.0 Å². The van der Waals surface area contributed by atoms with Crippen LogP contribution in [0.2, 0.25) is 0 Å². The molecule has 0 aromatic carbocycles. The molecule has 1 aromatic heterocycles. The van der Waals surface area contributed by atoms with Gasteiger partial charge in [0, 0.05) is 37.6 Å². The Hall–Kier alpha value is -0.980. The van der Waals surface area contributed by atoms with Gasteiger partial charge in [0.1, 0.15) is 0 Å². The molecule has 0 radical (unpaired) electrons. The molecule has 0 spiro atoms. The molecule has 1 aliphatic heterocycles. The summed E-state index contributed by atoms with van der Waals surface area (Å²) in [6.07, 6.45) is 6.04. The number of hydrogen-bond donors (Lipinski definition) is 1. The van der Waals surface area contributed by atoms with Gasteiger partial charge in [0.25, 0.3) is 0 Å². The van der Waals surface area contributed by atoms with Crippen molar-refractivity contribution in [2.45, 2.75) is 45.2 Å². The van der Waals surface area contributed by atoms with Gasteiger partial charge in [-0.1, -0.05) is 6.92 Å². The third-order valence-electron chi connectivity index (χ3n) is 4.08. The second-order valence-corrected chi connectivity index (χ2v) is 7.58. The van der Waals surface area contributed by atoms with Gasteiger partial charge in [0.05, 0.1) is 5.75 Å². The van der Waals surface area contributed by atoms with Crippen LogP contribution in [-0.2, 0) is 10.0 Å². The van der Waals surface area contributed by atoms with E-state index in [-0.39, 0.29) is 11.8 Å². The average molecular weight is 311 g/mol. The minimum Gasteiger partial charge on any atom is -0.296 e. The van der Waals surface area contributed by atoms with Gasteiger partial charge in [-0.25, -0.2) is 13.1 Å². The number of nitrogens with one attached hydrogen (secondary N) is 1. The van der Waals surface area contributed by atoms with Crippen LogP contribution in [0.25, 0.3) is 0 Å². The van der Waals surface area contributed by atoms with Crippen LogP contribution >= 0.6 is 0 Å². The molecule has 1 atom stereocenters. The van der Waals surface area contributed by atoms with E-state index in [1.807, 2.05) is 31.5 Å². The lowest BCUT2D eigenvalue weighted by Gasteiger charge is -2.36. The molecule has 1 unspecified atom stereocenters. The van der Waals surface area contributed by atoms with Crippen LogP contribution in [0.5, 0.6) is 0 Å². The number of rotatable bonds is 6. The molecule has 1 aliphatic rings. The highest BCUT2D eigenvalue weighted by molar-refractivity contribution is 7.89. The fourth-order valence-corrected chi connectivity index (χ4v) is 4.24. The lowest BCUT2D eigenvalue weighted by molar-refractivity contribution is 0.159. The van der Waals surface area contributed by atoms with Crippen LogP contribution in [0.3, 0.4) is 0 Å². The molecule has 118 valence electrons. The summed E-state index contributed by atoms with van der Waals surface area (Å²) in [7, 11) is -3.10. The third kappa shape index (κ3) is 4.76. The van der Waals surface area contributed by atoms with Crippen molar-refractivity contribution in [1.82, 2.24) is 14.6 Å². The first-order valence-electron chi connectivity index (χ1n) is 7.66. The first-order chi connectivity index (χ1) is 10.0. The van der Waals surface area contributed by atoms with Gasteiger partial charge in [-0.2, -0.15) is 0 Å². The maximum atomic E-state index is 11.8. The third-order valence-corrected chi connectivity index (χ3v) is 5.72. The lowest BCUT2D eigenvalue weighted by atomic mass is 10.0. The summed E-state index contributed by atoms with van der Waals surface area (Å²) in [6.45, 7) is 5.92. The maximum absolute atomic E-state index is 11.8. The molecule has 0 aliphatic carbocycles. The number of nitrogens with zero attached hydrogens (tertiary/aromatic N) is 2. The molecule has 1 aromatic rings. The summed E-state index contributed by atoms with van der Waals surface area (Å²) in [5.41, 5.74) is 1.26. The highest BCUT2D eigenvalue weighted by Gasteiger charge is 2.25. The fourth-order valence-electron chi connectivity index (χ4n) is 2.84. The van der Waals surface area contributed by atoms with Gasteiger partial charge in [-0.05, 0) is 43.9 Å². The van der Waals surface area contributed by atoms with E-state index >= 15 is 0 Å². The zero-order chi connectivity index (χ0) is 15.3. The van der Waals surface area contributed by atoms with Gasteiger partial charge in [0.2, 0.25) is 10.0 Å². The molecule has 0 saturated carbocycles. The molecular formula is C15H25N3O2S. The Kier molecular flexibility index (Phi) is 5.72. The van der Waals surface area contributed by atoms with E-state index in [2.05, 4.69) is 21.5 Å². The van der Waals surface area contributed by atoms with Crippen molar-refractivity contribution in [2.24, 2.45) is 0 Å². The molecule has 0 amide bonds. The van der Waals surface area contributed by atoms with Crippen LogP contribution in [-0.4, -0.2) is 43.2 Å². The Morgan fingerprint density at radius 2 is 1.95 bits per heavy atom. The summed E-state index contributed by atoms with van der Waals surface area (Å²) < 4.78 is 26.4. The highest BCUT2D eigenvalue weighted by atomic mass is 32.2. The summed E-state index contributed by atoms with van der Waals surface area (Å²) in [6, 6.07) is 4.52. The first kappa shape index (κ1) is 16.4. The van der Waals surface area contributed by atoms with Crippen LogP contribution in [0.1, 0.15) is 44.7 Å². The largest absolute Gasteiger partial charge is 0.296 e. The number of piperidine rings is 1. The molecule has 0 bridgehead atoms. The second kappa shape index (κ2) is 7.33. The molecule has 5 nitrogen and oxygen atoms in total. The Morgan fingerprint density at radius 1 is 1.33 bits per heavy atom. The number of sulfonamides is 1. The Balaban J connectivity index is 1.86. The van der Waals surface area contributed by atoms with E-state index in [0.717, 1.165) is 25.9 Å². The predicted molar refractivity (Wildman–Crippen MR) is 84.5 cm³/mol. The molecule has 6 heteroatoms. The summed E-state index contributed by atoms with van der Waals surface area (Å²) in [4.78, 5) is 6.45. The van der Waals surface area contributed by atoms with Crippen molar-refractivity contribution >= 4 is 10.0 Å². The Morgan fingerprint density at radius 3 is 2.52 bits per heavy atom.